The van der Waals surface area contributed by atoms with E-state index in [-0.39, 0.29) is 29.4 Å². The van der Waals surface area contributed by atoms with E-state index < -0.39 is 9.84 Å². The molecule has 160 valence electrons. The van der Waals surface area contributed by atoms with Gasteiger partial charge in [-0.15, -0.1) is 11.3 Å². The number of sulfone groups is 1. The Hall–Kier alpha value is -1.71. The first-order valence-corrected chi connectivity index (χ1v) is 13.4. The maximum atomic E-state index is 13.2. The third kappa shape index (κ3) is 4.63. The van der Waals surface area contributed by atoms with Crippen LogP contribution in [0.5, 0.6) is 0 Å². The highest BCUT2D eigenvalue weighted by molar-refractivity contribution is 9.10. The van der Waals surface area contributed by atoms with E-state index in [1.54, 1.807) is 24.3 Å². The molecule has 1 aromatic heterocycles. The Balaban J connectivity index is 1.62. The molecule has 1 aliphatic carbocycles. The number of amides is 2. The number of benzene rings is 1. The van der Waals surface area contributed by atoms with Crippen LogP contribution >= 0.6 is 27.3 Å². The number of halogens is 1. The van der Waals surface area contributed by atoms with Crippen molar-refractivity contribution in [1.82, 2.24) is 5.32 Å². The largest absolute Gasteiger partial charge is 0.348 e. The Bertz CT molecular complexity index is 1090. The van der Waals surface area contributed by atoms with Crippen molar-refractivity contribution in [1.29, 1.82) is 0 Å². The quantitative estimate of drug-likeness (QED) is 0.653. The zero-order valence-electron chi connectivity index (χ0n) is 16.5. The molecule has 1 aromatic carbocycles. The zero-order chi connectivity index (χ0) is 21.5. The first kappa shape index (κ1) is 21.5. The van der Waals surface area contributed by atoms with E-state index in [2.05, 4.69) is 33.5 Å². The maximum absolute atomic E-state index is 13.2. The van der Waals surface area contributed by atoms with E-state index in [0.717, 1.165) is 34.2 Å². The highest BCUT2D eigenvalue weighted by Gasteiger charge is 2.33. The third-order valence-corrected chi connectivity index (χ3v) is 9.11. The Kier molecular flexibility index (Phi) is 6.05. The Morgan fingerprint density at radius 3 is 2.53 bits per heavy atom. The molecule has 2 atom stereocenters. The lowest BCUT2D eigenvalue weighted by atomic mass is 9.88. The third-order valence-electron chi connectivity index (χ3n) is 5.64. The fraction of sp³-hybridized carbons (Fsp3) is 0.429. The van der Waals surface area contributed by atoms with Crippen LogP contribution in [0.15, 0.2) is 28.7 Å². The molecular formula is C21H23BrN2O4S2. The fourth-order valence-corrected chi connectivity index (χ4v) is 7.36. The molecular weight excluding hydrogens is 488 g/mol. The number of anilines is 1. The summed E-state index contributed by atoms with van der Waals surface area (Å²) in [6, 6.07) is 6.65. The van der Waals surface area contributed by atoms with E-state index in [1.807, 2.05) is 0 Å². The highest BCUT2D eigenvalue weighted by atomic mass is 79.9. The van der Waals surface area contributed by atoms with Gasteiger partial charge in [-0.25, -0.2) is 8.42 Å². The van der Waals surface area contributed by atoms with Crippen LogP contribution in [0, 0.1) is 5.92 Å². The molecule has 0 radical (unpaired) electrons. The molecule has 6 nitrogen and oxygen atoms in total. The average Bonchev–Trinajstić information content (AvgIpc) is 3.20. The summed E-state index contributed by atoms with van der Waals surface area (Å²) in [5, 5.41) is 6.36. The van der Waals surface area contributed by atoms with E-state index in [1.165, 1.54) is 11.3 Å². The number of hydrogen-bond acceptors (Lipinski definition) is 5. The van der Waals surface area contributed by atoms with Crippen molar-refractivity contribution >= 4 is 53.9 Å². The number of carbonyl (C=O) groups excluding carboxylic acids is 2. The average molecular weight is 511 g/mol. The lowest BCUT2D eigenvalue weighted by Gasteiger charge is -2.19. The molecule has 1 saturated heterocycles. The minimum absolute atomic E-state index is 0.0251. The van der Waals surface area contributed by atoms with Gasteiger partial charge in [0, 0.05) is 21.0 Å². The summed E-state index contributed by atoms with van der Waals surface area (Å²) in [7, 11) is -3.09. The van der Waals surface area contributed by atoms with Gasteiger partial charge < -0.3 is 10.6 Å². The summed E-state index contributed by atoms with van der Waals surface area (Å²) >= 11 is 4.82. The van der Waals surface area contributed by atoms with Gasteiger partial charge in [0.2, 0.25) is 0 Å². The van der Waals surface area contributed by atoms with Crippen molar-refractivity contribution in [3.05, 3.63) is 50.3 Å². The number of rotatable bonds is 4. The Labute approximate surface area is 188 Å². The van der Waals surface area contributed by atoms with Crippen LogP contribution in [0.25, 0.3) is 0 Å². The van der Waals surface area contributed by atoms with Crippen molar-refractivity contribution in [2.24, 2.45) is 5.92 Å². The SMILES string of the molecule is CC1CCc2c(sc(NC(=O)c3ccc(Br)cc3)c2C(=O)NC2CCS(=O)(=O)C2)C1. The van der Waals surface area contributed by atoms with Gasteiger partial charge in [-0.05, 0) is 61.4 Å². The molecule has 0 bridgehead atoms. The second kappa shape index (κ2) is 8.43. The number of carbonyl (C=O) groups is 2. The predicted molar refractivity (Wildman–Crippen MR) is 122 cm³/mol. The summed E-state index contributed by atoms with van der Waals surface area (Å²) < 4.78 is 24.4. The van der Waals surface area contributed by atoms with Crippen LogP contribution in [0.3, 0.4) is 0 Å². The molecule has 9 heteroatoms. The van der Waals surface area contributed by atoms with Gasteiger partial charge in [0.1, 0.15) is 5.00 Å². The summed E-state index contributed by atoms with van der Waals surface area (Å²) in [5.74, 6) is 0.0384. The molecule has 1 fully saturated rings. The van der Waals surface area contributed by atoms with Gasteiger partial charge in [0.15, 0.2) is 9.84 Å². The zero-order valence-corrected chi connectivity index (χ0v) is 19.8. The second-order valence-electron chi connectivity index (χ2n) is 8.09. The second-order valence-corrected chi connectivity index (χ2v) is 12.3. The predicted octanol–water partition coefficient (Wildman–Crippen LogP) is 3.80. The van der Waals surface area contributed by atoms with E-state index in [0.29, 0.717) is 28.5 Å². The van der Waals surface area contributed by atoms with Gasteiger partial charge >= 0.3 is 0 Å². The number of hydrogen-bond donors (Lipinski definition) is 2. The monoisotopic (exact) mass is 510 g/mol. The van der Waals surface area contributed by atoms with Crippen molar-refractivity contribution in [3.63, 3.8) is 0 Å². The van der Waals surface area contributed by atoms with Crippen LogP contribution in [-0.2, 0) is 22.7 Å². The van der Waals surface area contributed by atoms with Crippen LogP contribution in [-0.4, -0.2) is 37.8 Å². The van der Waals surface area contributed by atoms with Crippen LogP contribution in [0.2, 0.25) is 0 Å². The van der Waals surface area contributed by atoms with Crippen molar-refractivity contribution in [3.8, 4) is 0 Å². The minimum atomic E-state index is -3.09. The number of thiophene rings is 1. The summed E-state index contributed by atoms with van der Waals surface area (Å²) in [5.41, 5.74) is 1.99. The molecule has 0 saturated carbocycles. The standard InChI is InChI=1S/C21H23BrN2O4S2/c1-12-2-7-16-17(10-12)29-21(24-19(25)13-3-5-14(22)6-4-13)18(16)20(26)23-15-8-9-30(27,28)11-15/h3-6,12,15H,2,7-11H2,1H3,(H,23,26)(H,24,25). The smallest absolute Gasteiger partial charge is 0.256 e. The Morgan fingerprint density at radius 1 is 1.13 bits per heavy atom. The van der Waals surface area contributed by atoms with E-state index >= 15 is 0 Å². The molecule has 2 amide bonds. The van der Waals surface area contributed by atoms with Crippen LogP contribution in [0.1, 0.15) is 50.9 Å². The number of fused-ring (bicyclic) bond motifs is 1. The van der Waals surface area contributed by atoms with Gasteiger partial charge in [0.25, 0.3) is 11.8 Å². The van der Waals surface area contributed by atoms with Crippen molar-refractivity contribution in [2.45, 2.75) is 38.6 Å². The molecule has 2 aliphatic rings. The lowest BCUT2D eigenvalue weighted by molar-refractivity contribution is 0.0941. The molecule has 0 spiro atoms. The number of nitrogens with one attached hydrogen (secondary N) is 2. The minimum Gasteiger partial charge on any atom is -0.348 e. The molecule has 2 heterocycles. The molecule has 1 aliphatic heterocycles. The van der Waals surface area contributed by atoms with E-state index in [9.17, 15) is 18.0 Å². The highest BCUT2D eigenvalue weighted by Crippen LogP contribution is 2.40. The van der Waals surface area contributed by atoms with E-state index in [4.69, 9.17) is 0 Å². The van der Waals surface area contributed by atoms with Gasteiger partial charge in [-0.1, -0.05) is 22.9 Å². The maximum Gasteiger partial charge on any atom is 0.256 e. The van der Waals surface area contributed by atoms with Crippen LogP contribution in [0.4, 0.5) is 5.00 Å². The molecule has 4 rings (SSSR count). The molecule has 2 aromatic rings. The summed E-state index contributed by atoms with van der Waals surface area (Å²) in [4.78, 5) is 27.1. The van der Waals surface area contributed by atoms with Crippen molar-refractivity contribution < 1.29 is 18.0 Å². The summed E-state index contributed by atoms with van der Waals surface area (Å²) in [6.45, 7) is 2.19. The molecule has 2 N–H and O–H groups in total. The molecule has 2 unspecified atom stereocenters. The Morgan fingerprint density at radius 2 is 1.87 bits per heavy atom. The first-order valence-electron chi connectivity index (χ1n) is 9.94. The van der Waals surface area contributed by atoms with Crippen molar-refractivity contribution in [2.75, 3.05) is 16.8 Å². The lowest BCUT2D eigenvalue weighted by Crippen LogP contribution is -2.36. The van der Waals surface area contributed by atoms with Gasteiger partial charge in [-0.3, -0.25) is 9.59 Å². The normalized spacial score (nSPS) is 22.3. The summed E-state index contributed by atoms with van der Waals surface area (Å²) in [6.07, 6.45) is 3.08. The topological polar surface area (TPSA) is 92.3 Å². The fourth-order valence-electron chi connectivity index (χ4n) is 4.02. The first-order chi connectivity index (χ1) is 14.2. The van der Waals surface area contributed by atoms with Crippen LogP contribution < -0.4 is 10.6 Å². The van der Waals surface area contributed by atoms with Gasteiger partial charge in [0.05, 0.1) is 17.1 Å². The van der Waals surface area contributed by atoms with Gasteiger partial charge in [-0.2, -0.15) is 0 Å². The molecule has 30 heavy (non-hydrogen) atoms.